The summed E-state index contributed by atoms with van der Waals surface area (Å²) < 4.78 is 11.7. The number of rotatable bonds is 5. The highest BCUT2D eigenvalue weighted by Gasteiger charge is 2.18. The second-order valence-corrected chi connectivity index (χ2v) is 6.72. The van der Waals surface area contributed by atoms with Crippen molar-refractivity contribution < 1.29 is 14.3 Å². The third kappa shape index (κ3) is 4.62. The number of ether oxygens (including phenoxy) is 2. The zero-order valence-electron chi connectivity index (χ0n) is 13.6. The van der Waals surface area contributed by atoms with E-state index in [9.17, 15) is 4.79 Å². The number of thioether (sulfide) groups is 1. The number of carbonyl (C=O) groups excluding carboxylic acids is 1. The second-order valence-electron chi connectivity index (χ2n) is 5.78. The zero-order valence-corrected chi connectivity index (χ0v) is 14.4. The monoisotopic (exact) mass is 336 g/mol. The van der Waals surface area contributed by atoms with Crippen LogP contribution < -0.4 is 10.6 Å². The van der Waals surface area contributed by atoms with Gasteiger partial charge < -0.3 is 15.3 Å². The molecule has 0 bridgehead atoms. The van der Waals surface area contributed by atoms with E-state index in [2.05, 4.69) is 10.2 Å². The lowest BCUT2D eigenvalue weighted by Gasteiger charge is -2.19. The Labute approximate surface area is 139 Å². The van der Waals surface area contributed by atoms with Gasteiger partial charge in [0, 0.05) is 5.56 Å². The molecule has 1 aromatic carbocycles. The Kier molecular flexibility index (Phi) is 5.15. The van der Waals surface area contributed by atoms with Crippen molar-refractivity contribution in [2.75, 3.05) is 18.7 Å². The lowest BCUT2D eigenvalue weighted by molar-refractivity contribution is -0.151. The maximum absolute atomic E-state index is 11.7. The van der Waals surface area contributed by atoms with Gasteiger partial charge in [0.15, 0.2) is 5.82 Å². The van der Waals surface area contributed by atoms with Gasteiger partial charge in [0.1, 0.15) is 11.4 Å². The molecule has 124 valence electrons. The molecule has 1 aromatic heterocycles. The van der Waals surface area contributed by atoms with E-state index in [0.717, 1.165) is 11.3 Å². The molecule has 7 nitrogen and oxygen atoms in total. The number of carbonyl (C=O) groups is 1. The summed E-state index contributed by atoms with van der Waals surface area (Å²) in [6.45, 7) is 5.47. The maximum atomic E-state index is 11.7. The molecule has 2 N–H and O–H groups in total. The van der Waals surface area contributed by atoms with Gasteiger partial charge in [-0.1, -0.05) is 11.8 Å². The maximum Gasteiger partial charge on any atom is 0.316 e. The van der Waals surface area contributed by atoms with E-state index in [1.54, 1.807) is 7.11 Å². The molecule has 0 spiro atoms. The number of nitrogens with two attached hydrogens (primary N) is 1. The lowest BCUT2D eigenvalue weighted by Crippen LogP contribution is -2.25. The van der Waals surface area contributed by atoms with Crippen LogP contribution in [0.15, 0.2) is 29.4 Å². The molecule has 0 fully saturated rings. The zero-order chi connectivity index (χ0) is 17.0. The molecule has 0 saturated heterocycles. The fraction of sp³-hybridized carbons (Fsp3) is 0.400. The van der Waals surface area contributed by atoms with Crippen molar-refractivity contribution in [3.8, 4) is 17.1 Å². The quantitative estimate of drug-likeness (QED) is 0.508. The van der Waals surface area contributed by atoms with Crippen LogP contribution in [0.25, 0.3) is 11.4 Å². The number of hydrogen-bond acceptors (Lipinski definition) is 7. The van der Waals surface area contributed by atoms with E-state index >= 15 is 0 Å². The molecule has 0 aliphatic carbocycles. The number of aromatic nitrogens is 3. The summed E-state index contributed by atoms with van der Waals surface area (Å²) in [5.41, 5.74) is 0.298. The van der Waals surface area contributed by atoms with E-state index in [-0.39, 0.29) is 11.7 Å². The fourth-order valence-corrected chi connectivity index (χ4v) is 2.44. The number of methoxy groups -OCH3 is 1. The minimum Gasteiger partial charge on any atom is -0.497 e. The van der Waals surface area contributed by atoms with E-state index in [4.69, 9.17) is 15.3 Å². The lowest BCUT2D eigenvalue weighted by atomic mass is 10.2. The van der Waals surface area contributed by atoms with Gasteiger partial charge in [-0.05, 0) is 45.0 Å². The van der Waals surface area contributed by atoms with E-state index < -0.39 is 5.60 Å². The van der Waals surface area contributed by atoms with Crippen LogP contribution in [-0.4, -0.2) is 39.3 Å². The Morgan fingerprint density at radius 2 is 1.91 bits per heavy atom. The number of benzene rings is 1. The van der Waals surface area contributed by atoms with Gasteiger partial charge in [-0.25, -0.2) is 4.68 Å². The van der Waals surface area contributed by atoms with Crippen LogP contribution in [0.2, 0.25) is 0 Å². The highest BCUT2D eigenvalue weighted by atomic mass is 32.2. The summed E-state index contributed by atoms with van der Waals surface area (Å²) in [6, 6.07) is 7.32. The van der Waals surface area contributed by atoms with Crippen LogP contribution in [0.1, 0.15) is 20.8 Å². The molecular weight excluding hydrogens is 316 g/mol. The van der Waals surface area contributed by atoms with Crippen LogP contribution in [-0.2, 0) is 9.53 Å². The van der Waals surface area contributed by atoms with Gasteiger partial charge in [0.05, 0.1) is 12.9 Å². The molecule has 2 aromatic rings. The fourth-order valence-electron chi connectivity index (χ4n) is 1.81. The molecule has 1 heterocycles. The normalized spacial score (nSPS) is 11.3. The van der Waals surface area contributed by atoms with E-state index in [1.807, 2.05) is 45.0 Å². The first-order chi connectivity index (χ1) is 10.8. The average Bonchev–Trinajstić information content (AvgIpc) is 2.84. The third-order valence-corrected chi connectivity index (χ3v) is 3.67. The Hall–Kier alpha value is -2.22. The van der Waals surface area contributed by atoms with Crippen molar-refractivity contribution in [2.45, 2.75) is 31.5 Å². The molecule has 2 rings (SSSR count). The van der Waals surface area contributed by atoms with E-state index in [1.165, 1.54) is 16.4 Å². The molecule has 0 atom stereocenters. The predicted molar refractivity (Wildman–Crippen MR) is 88.7 cm³/mol. The standard InChI is InChI=1S/C15H20N4O3S/c1-15(2,3)22-12(20)9-23-14-18-17-13(19(14)16)10-5-7-11(21-4)8-6-10/h5-8H,9,16H2,1-4H3. The molecule has 0 unspecified atom stereocenters. The molecule has 0 saturated carbocycles. The number of hydrogen-bond donors (Lipinski definition) is 1. The Morgan fingerprint density at radius 1 is 1.26 bits per heavy atom. The largest absolute Gasteiger partial charge is 0.497 e. The smallest absolute Gasteiger partial charge is 0.316 e. The first-order valence-corrected chi connectivity index (χ1v) is 7.98. The summed E-state index contributed by atoms with van der Waals surface area (Å²) in [5.74, 6) is 7.06. The van der Waals surface area contributed by atoms with E-state index in [0.29, 0.717) is 11.0 Å². The van der Waals surface area contributed by atoms with Gasteiger partial charge in [0.2, 0.25) is 5.16 Å². The minimum atomic E-state index is -0.512. The van der Waals surface area contributed by atoms with Crippen LogP contribution in [0.4, 0.5) is 0 Å². The highest BCUT2D eigenvalue weighted by molar-refractivity contribution is 7.99. The third-order valence-electron chi connectivity index (χ3n) is 2.75. The van der Waals surface area contributed by atoms with Gasteiger partial charge in [-0.3, -0.25) is 4.79 Å². The molecular formula is C15H20N4O3S. The van der Waals surface area contributed by atoms with Gasteiger partial charge in [-0.15, -0.1) is 10.2 Å². The second kappa shape index (κ2) is 6.91. The SMILES string of the molecule is COc1ccc(-c2nnc(SCC(=O)OC(C)(C)C)n2N)cc1. The Balaban J connectivity index is 2.05. The molecule has 0 radical (unpaired) electrons. The Bertz CT molecular complexity index is 677. The summed E-state index contributed by atoms with van der Waals surface area (Å²) in [7, 11) is 1.60. The molecule has 8 heteroatoms. The van der Waals surface area contributed by atoms with Crippen LogP contribution >= 0.6 is 11.8 Å². The molecule has 0 aliphatic heterocycles. The molecule has 0 aliphatic rings. The summed E-state index contributed by atoms with van der Waals surface area (Å²) in [4.78, 5) is 11.7. The van der Waals surface area contributed by atoms with Crippen molar-refractivity contribution in [1.82, 2.24) is 14.9 Å². The van der Waals surface area contributed by atoms with Crippen molar-refractivity contribution in [3.05, 3.63) is 24.3 Å². The first kappa shape index (κ1) is 17.1. The topological polar surface area (TPSA) is 92.3 Å². The van der Waals surface area contributed by atoms with Crippen LogP contribution in [0.3, 0.4) is 0 Å². The predicted octanol–water partition coefficient (Wildman–Crippen LogP) is 2.10. The van der Waals surface area contributed by atoms with Crippen molar-refractivity contribution in [1.29, 1.82) is 0 Å². The van der Waals surface area contributed by atoms with Crippen LogP contribution in [0.5, 0.6) is 5.75 Å². The minimum absolute atomic E-state index is 0.120. The summed E-state index contributed by atoms with van der Waals surface area (Å²) >= 11 is 1.18. The molecule has 0 amide bonds. The molecule has 23 heavy (non-hydrogen) atoms. The number of nitrogen functional groups attached to an aromatic ring is 1. The van der Waals surface area contributed by atoms with Gasteiger partial charge in [0.25, 0.3) is 0 Å². The van der Waals surface area contributed by atoms with Crippen molar-refractivity contribution >= 4 is 17.7 Å². The van der Waals surface area contributed by atoms with Crippen LogP contribution in [0, 0.1) is 0 Å². The number of esters is 1. The summed E-state index contributed by atoms with van der Waals surface area (Å²) in [6.07, 6.45) is 0. The van der Waals surface area contributed by atoms with Gasteiger partial charge >= 0.3 is 5.97 Å². The average molecular weight is 336 g/mol. The summed E-state index contributed by atoms with van der Waals surface area (Å²) in [5, 5.41) is 8.53. The van der Waals surface area contributed by atoms with Gasteiger partial charge in [-0.2, -0.15) is 0 Å². The van der Waals surface area contributed by atoms with Crippen molar-refractivity contribution in [2.24, 2.45) is 0 Å². The first-order valence-electron chi connectivity index (χ1n) is 7.00. The number of nitrogens with zero attached hydrogens (tertiary/aromatic N) is 3. The Morgan fingerprint density at radius 3 is 2.48 bits per heavy atom. The highest BCUT2D eigenvalue weighted by Crippen LogP contribution is 2.23. The van der Waals surface area contributed by atoms with Crippen molar-refractivity contribution in [3.63, 3.8) is 0 Å².